The number of halogens is 2. The second-order valence-electron chi connectivity index (χ2n) is 3.06. The molecule has 0 amide bonds. The van der Waals surface area contributed by atoms with Crippen LogP contribution in [-0.4, -0.2) is 5.92 Å². The van der Waals surface area contributed by atoms with Crippen LogP contribution in [0.25, 0.3) is 0 Å². The molecular weight excluding hydrogens is 122 g/mol. The van der Waals surface area contributed by atoms with Gasteiger partial charge in [-0.3, -0.25) is 0 Å². The van der Waals surface area contributed by atoms with Gasteiger partial charge in [0.25, 0.3) is 0 Å². The summed E-state index contributed by atoms with van der Waals surface area (Å²) in [7, 11) is 0. The number of hydrogen-bond donors (Lipinski definition) is 0. The monoisotopic (exact) mass is 138 g/mol. The maximum absolute atomic E-state index is 11.0. The van der Waals surface area contributed by atoms with Gasteiger partial charge >= 0.3 is 0 Å². The first kappa shape index (κ1) is 11.6. The van der Waals surface area contributed by atoms with Crippen molar-refractivity contribution in [2.24, 2.45) is 5.92 Å². The van der Waals surface area contributed by atoms with Gasteiger partial charge in [0.2, 0.25) is 5.92 Å². The Kier molecular flexibility index (Phi) is 6.09. The summed E-state index contributed by atoms with van der Waals surface area (Å²) in [4.78, 5) is 0. The first-order chi connectivity index (χ1) is 3.73. The van der Waals surface area contributed by atoms with Crippen molar-refractivity contribution in [1.82, 2.24) is 0 Å². The maximum atomic E-state index is 11.0. The van der Waals surface area contributed by atoms with Crippen LogP contribution >= 0.6 is 0 Å². The van der Waals surface area contributed by atoms with E-state index < -0.39 is 5.92 Å². The molecule has 0 bridgehead atoms. The van der Waals surface area contributed by atoms with Crippen molar-refractivity contribution in [3.63, 3.8) is 0 Å². The van der Waals surface area contributed by atoms with Crippen LogP contribution in [0.1, 0.15) is 34.6 Å². The standard InChI is InChI=1S/C4H10.C3H6F2/c1-4(2)3;1-3(2,4)5/h4H,1-3H3;1-2H3. The summed E-state index contributed by atoms with van der Waals surface area (Å²) in [5, 5.41) is 0. The molecule has 0 aliphatic carbocycles. The Labute approximate surface area is 56.3 Å². The van der Waals surface area contributed by atoms with Crippen LogP contribution in [0.15, 0.2) is 0 Å². The minimum Gasteiger partial charge on any atom is -0.208 e. The zero-order chi connectivity index (χ0) is 8.08. The highest BCUT2D eigenvalue weighted by molar-refractivity contribution is 4.40. The SMILES string of the molecule is CC(C)(F)F.CC(C)C. The lowest BCUT2D eigenvalue weighted by Gasteiger charge is -1.94. The number of rotatable bonds is 0. The van der Waals surface area contributed by atoms with E-state index in [0.717, 1.165) is 19.8 Å². The van der Waals surface area contributed by atoms with E-state index in [9.17, 15) is 8.78 Å². The third-order valence-corrected chi connectivity index (χ3v) is 0. The van der Waals surface area contributed by atoms with Crippen molar-refractivity contribution < 1.29 is 8.78 Å². The summed E-state index contributed by atoms with van der Waals surface area (Å²) in [6, 6.07) is 0. The Morgan fingerprint density at radius 3 is 1.00 bits per heavy atom. The topological polar surface area (TPSA) is 0 Å². The lowest BCUT2D eigenvalue weighted by atomic mass is 10.3. The summed E-state index contributed by atoms with van der Waals surface area (Å²) >= 11 is 0. The predicted molar refractivity (Wildman–Crippen MR) is 36.8 cm³/mol. The third-order valence-electron chi connectivity index (χ3n) is 0. The third kappa shape index (κ3) is 13800. The van der Waals surface area contributed by atoms with Gasteiger partial charge in [0, 0.05) is 0 Å². The zero-order valence-corrected chi connectivity index (χ0v) is 6.83. The largest absolute Gasteiger partial charge is 0.242 e. The van der Waals surface area contributed by atoms with Crippen molar-refractivity contribution in [1.29, 1.82) is 0 Å². The van der Waals surface area contributed by atoms with Crippen LogP contribution in [0.2, 0.25) is 0 Å². The van der Waals surface area contributed by atoms with Gasteiger partial charge in [0.1, 0.15) is 0 Å². The first-order valence-electron chi connectivity index (χ1n) is 3.11. The van der Waals surface area contributed by atoms with Gasteiger partial charge in [-0.05, 0) is 19.8 Å². The molecule has 0 unspecified atom stereocenters. The molecule has 0 heterocycles. The molecule has 0 atom stereocenters. The Hall–Kier alpha value is -0.140. The average Bonchev–Trinajstić information content (AvgIpc) is 1.19. The van der Waals surface area contributed by atoms with Crippen molar-refractivity contribution in [3.05, 3.63) is 0 Å². The van der Waals surface area contributed by atoms with E-state index in [1.165, 1.54) is 0 Å². The van der Waals surface area contributed by atoms with Crippen LogP contribution in [0.4, 0.5) is 8.78 Å². The Morgan fingerprint density at radius 2 is 1.00 bits per heavy atom. The van der Waals surface area contributed by atoms with Gasteiger partial charge in [-0.15, -0.1) is 0 Å². The lowest BCUT2D eigenvalue weighted by Crippen LogP contribution is -1.98. The molecule has 0 nitrogen and oxygen atoms in total. The van der Waals surface area contributed by atoms with Gasteiger partial charge < -0.3 is 0 Å². The summed E-state index contributed by atoms with van der Waals surface area (Å²) in [6.07, 6.45) is 0. The van der Waals surface area contributed by atoms with Crippen LogP contribution in [-0.2, 0) is 0 Å². The van der Waals surface area contributed by atoms with Crippen molar-refractivity contribution in [3.8, 4) is 0 Å². The molecule has 0 aromatic heterocycles. The van der Waals surface area contributed by atoms with E-state index >= 15 is 0 Å². The summed E-state index contributed by atoms with van der Waals surface area (Å²) in [6.45, 7) is 8.21. The zero-order valence-electron chi connectivity index (χ0n) is 6.83. The molecule has 0 aromatic rings. The van der Waals surface area contributed by atoms with E-state index in [-0.39, 0.29) is 0 Å². The van der Waals surface area contributed by atoms with Gasteiger partial charge in [-0.1, -0.05) is 20.8 Å². The molecule has 0 saturated heterocycles. The fraction of sp³-hybridized carbons (Fsp3) is 1.00. The molecule has 2 heteroatoms. The summed E-state index contributed by atoms with van der Waals surface area (Å²) < 4.78 is 22.0. The van der Waals surface area contributed by atoms with Gasteiger partial charge in [0.15, 0.2) is 0 Å². The Bertz CT molecular complexity index is 43.7. The Balaban J connectivity index is 0. The van der Waals surface area contributed by atoms with Gasteiger partial charge in [0.05, 0.1) is 0 Å². The average molecular weight is 138 g/mol. The number of alkyl halides is 2. The molecule has 0 rings (SSSR count). The smallest absolute Gasteiger partial charge is 0.208 e. The minimum atomic E-state index is -2.50. The lowest BCUT2D eigenvalue weighted by molar-refractivity contribution is 0.0437. The van der Waals surface area contributed by atoms with E-state index in [1.54, 1.807) is 0 Å². The quantitative estimate of drug-likeness (QED) is 0.481. The molecule has 0 saturated carbocycles. The minimum absolute atomic E-state index is 0.833. The number of hydrogen-bond acceptors (Lipinski definition) is 0. The molecule has 0 N–H and O–H groups in total. The molecule has 9 heavy (non-hydrogen) atoms. The second-order valence-corrected chi connectivity index (χ2v) is 3.06. The second kappa shape index (κ2) is 4.71. The molecule has 0 aliphatic heterocycles. The van der Waals surface area contributed by atoms with Gasteiger partial charge in [-0.2, -0.15) is 0 Å². The molecular formula is C7H16F2. The van der Waals surface area contributed by atoms with Crippen molar-refractivity contribution >= 4 is 0 Å². The van der Waals surface area contributed by atoms with Crippen molar-refractivity contribution in [2.45, 2.75) is 40.5 Å². The van der Waals surface area contributed by atoms with Crippen LogP contribution in [0, 0.1) is 5.92 Å². The highest BCUT2D eigenvalue weighted by Gasteiger charge is 2.08. The highest BCUT2D eigenvalue weighted by atomic mass is 19.3. The van der Waals surface area contributed by atoms with E-state index in [1.807, 2.05) is 0 Å². The van der Waals surface area contributed by atoms with Crippen LogP contribution in [0.3, 0.4) is 0 Å². The molecule has 58 valence electrons. The molecule has 0 aromatic carbocycles. The first-order valence-corrected chi connectivity index (χ1v) is 3.11. The van der Waals surface area contributed by atoms with Gasteiger partial charge in [-0.25, -0.2) is 8.78 Å². The fourth-order valence-corrected chi connectivity index (χ4v) is 0. The predicted octanol–water partition coefficient (Wildman–Crippen LogP) is 3.32. The highest BCUT2D eigenvalue weighted by Crippen LogP contribution is 2.06. The maximum Gasteiger partial charge on any atom is 0.242 e. The molecule has 0 fully saturated rings. The van der Waals surface area contributed by atoms with E-state index in [2.05, 4.69) is 20.8 Å². The van der Waals surface area contributed by atoms with Crippen LogP contribution in [0.5, 0.6) is 0 Å². The summed E-state index contributed by atoms with van der Waals surface area (Å²) in [5.74, 6) is -1.67. The van der Waals surface area contributed by atoms with E-state index in [4.69, 9.17) is 0 Å². The normalized spacial score (nSPS) is 10.7. The van der Waals surface area contributed by atoms with E-state index in [0.29, 0.717) is 0 Å². The molecule has 0 spiro atoms. The molecule has 0 aliphatic rings. The Morgan fingerprint density at radius 1 is 1.00 bits per heavy atom. The fourth-order valence-electron chi connectivity index (χ4n) is 0. The van der Waals surface area contributed by atoms with Crippen LogP contribution < -0.4 is 0 Å². The summed E-state index contributed by atoms with van der Waals surface area (Å²) in [5.41, 5.74) is 0. The molecule has 0 radical (unpaired) electrons. The van der Waals surface area contributed by atoms with Crippen molar-refractivity contribution in [2.75, 3.05) is 0 Å².